The Morgan fingerprint density at radius 2 is 1.72 bits per heavy atom. The highest BCUT2D eigenvalue weighted by atomic mass is 35.5. The average molecular weight is 353 g/mol. The number of allylic oxidation sites excluding steroid dienone is 2. The molecule has 2 aromatic rings. The molecule has 1 N–H and O–H groups in total. The first-order valence-electron chi connectivity index (χ1n) is 8.02. The molecule has 0 atom stereocenters. The van der Waals surface area contributed by atoms with Crippen LogP contribution in [0.4, 0.5) is 0 Å². The average Bonchev–Trinajstić information content (AvgIpc) is 2.57. The van der Waals surface area contributed by atoms with E-state index in [-0.39, 0.29) is 5.91 Å². The van der Waals surface area contributed by atoms with Gasteiger partial charge in [0.05, 0.1) is 5.57 Å². The van der Waals surface area contributed by atoms with Crippen molar-refractivity contribution in [1.82, 2.24) is 5.32 Å². The Labute approximate surface area is 153 Å². The van der Waals surface area contributed by atoms with E-state index >= 15 is 0 Å². The van der Waals surface area contributed by atoms with Gasteiger partial charge in [0.1, 0.15) is 6.07 Å². The Hall–Kier alpha value is -2.57. The monoisotopic (exact) mass is 352 g/mol. The fourth-order valence-electron chi connectivity index (χ4n) is 2.53. The summed E-state index contributed by atoms with van der Waals surface area (Å²) in [6, 6.07) is 16.8. The third-order valence-corrected chi connectivity index (χ3v) is 4.33. The van der Waals surface area contributed by atoms with Crippen LogP contribution in [0.1, 0.15) is 42.3 Å². The van der Waals surface area contributed by atoms with E-state index in [1.807, 2.05) is 51.1 Å². The maximum Gasteiger partial charge on any atom is 0.255 e. The van der Waals surface area contributed by atoms with E-state index in [2.05, 4.69) is 11.4 Å². The fraction of sp³-hybridized carbons (Fsp3) is 0.238. The molecule has 0 aliphatic heterocycles. The van der Waals surface area contributed by atoms with Crippen molar-refractivity contribution in [3.05, 3.63) is 75.9 Å². The molecule has 0 radical (unpaired) electrons. The summed E-state index contributed by atoms with van der Waals surface area (Å²) in [5.41, 5.74) is 2.63. The van der Waals surface area contributed by atoms with Crippen LogP contribution < -0.4 is 5.32 Å². The van der Waals surface area contributed by atoms with Crippen LogP contribution in [-0.4, -0.2) is 5.91 Å². The molecule has 0 fully saturated rings. The number of halogens is 1. The van der Waals surface area contributed by atoms with Gasteiger partial charge in [0.25, 0.3) is 5.91 Å². The van der Waals surface area contributed by atoms with Crippen LogP contribution in [0.5, 0.6) is 0 Å². The highest BCUT2D eigenvalue weighted by Gasteiger charge is 2.25. The smallest absolute Gasteiger partial charge is 0.255 e. The molecule has 3 nitrogen and oxygen atoms in total. The number of nitriles is 1. The molecule has 4 heteroatoms. The molecule has 0 aliphatic rings. The summed E-state index contributed by atoms with van der Waals surface area (Å²) in [6.07, 6.45) is 0. The molecule has 128 valence electrons. The molecule has 0 unspecified atom stereocenters. The molecule has 25 heavy (non-hydrogen) atoms. The van der Waals surface area contributed by atoms with Gasteiger partial charge in [-0.1, -0.05) is 68.8 Å². The van der Waals surface area contributed by atoms with E-state index in [1.165, 1.54) is 0 Å². The second kappa shape index (κ2) is 7.55. The Kier molecular flexibility index (Phi) is 5.66. The van der Waals surface area contributed by atoms with Gasteiger partial charge in [-0.15, -0.1) is 0 Å². The van der Waals surface area contributed by atoms with E-state index in [4.69, 9.17) is 11.6 Å². The predicted octanol–water partition coefficient (Wildman–Crippen LogP) is 5.36. The Morgan fingerprint density at radius 3 is 2.28 bits per heavy atom. The summed E-state index contributed by atoms with van der Waals surface area (Å²) >= 11 is 6.13. The normalized spacial score (nSPS) is 12.2. The van der Waals surface area contributed by atoms with Gasteiger partial charge >= 0.3 is 0 Å². The van der Waals surface area contributed by atoms with E-state index in [1.54, 1.807) is 25.1 Å². The first kappa shape index (κ1) is 18.8. The highest BCUT2D eigenvalue weighted by Crippen LogP contribution is 2.31. The van der Waals surface area contributed by atoms with Gasteiger partial charge in [-0.05, 0) is 30.2 Å². The van der Waals surface area contributed by atoms with Crippen molar-refractivity contribution in [3.63, 3.8) is 0 Å². The highest BCUT2D eigenvalue weighted by molar-refractivity contribution is 6.31. The first-order valence-corrected chi connectivity index (χ1v) is 8.40. The zero-order valence-electron chi connectivity index (χ0n) is 14.9. The van der Waals surface area contributed by atoms with Crippen LogP contribution in [0.15, 0.2) is 54.2 Å². The standard InChI is InChI=1S/C21H21ClN2O/c1-14-16(11-8-12-18(14)22)20(25)24-19(21(2,3)4)17(13-23)15-9-6-5-7-10-15/h5-12H,1-4H3,(H,24,25)/b19-17-. The number of amides is 1. The zero-order chi connectivity index (χ0) is 18.6. The number of benzene rings is 2. The second-order valence-corrected chi connectivity index (χ2v) is 7.25. The van der Waals surface area contributed by atoms with Crippen molar-refractivity contribution in [2.24, 2.45) is 5.41 Å². The quantitative estimate of drug-likeness (QED) is 0.756. The number of nitrogens with one attached hydrogen (secondary N) is 1. The zero-order valence-corrected chi connectivity index (χ0v) is 15.6. The number of carbonyl (C=O) groups excluding carboxylic acids is 1. The van der Waals surface area contributed by atoms with Gasteiger partial charge in [0.15, 0.2) is 0 Å². The lowest BCUT2D eigenvalue weighted by Gasteiger charge is -2.26. The van der Waals surface area contributed by atoms with Crippen LogP contribution in [0.3, 0.4) is 0 Å². The SMILES string of the molecule is Cc1c(Cl)cccc1C(=O)N/C(=C(/C#N)c1ccccc1)C(C)(C)C. The Balaban J connectivity index is 2.53. The van der Waals surface area contributed by atoms with Gasteiger partial charge in [-0.2, -0.15) is 5.26 Å². The number of nitrogens with zero attached hydrogens (tertiary/aromatic N) is 1. The second-order valence-electron chi connectivity index (χ2n) is 6.84. The summed E-state index contributed by atoms with van der Waals surface area (Å²) < 4.78 is 0. The van der Waals surface area contributed by atoms with E-state index < -0.39 is 5.41 Å². The maximum absolute atomic E-state index is 12.8. The predicted molar refractivity (Wildman–Crippen MR) is 102 cm³/mol. The van der Waals surface area contributed by atoms with Gasteiger partial charge in [-0.25, -0.2) is 0 Å². The largest absolute Gasteiger partial charge is 0.324 e. The van der Waals surface area contributed by atoms with Gasteiger partial charge in [0, 0.05) is 21.7 Å². The molecule has 1 amide bonds. The van der Waals surface area contributed by atoms with Crippen molar-refractivity contribution in [3.8, 4) is 6.07 Å². The number of rotatable bonds is 3. The lowest BCUT2D eigenvalue weighted by Crippen LogP contribution is -2.31. The van der Waals surface area contributed by atoms with Crippen molar-refractivity contribution in [2.45, 2.75) is 27.7 Å². The third-order valence-electron chi connectivity index (χ3n) is 3.93. The molecule has 0 bridgehead atoms. The molecule has 2 rings (SSSR count). The summed E-state index contributed by atoms with van der Waals surface area (Å²) in [7, 11) is 0. The van der Waals surface area contributed by atoms with Crippen molar-refractivity contribution in [1.29, 1.82) is 5.26 Å². The fourth-order valence-corrected chi connectivity index (χ4v) is 2.70. The van der Waals surface area contributed by atoms with Crippen LogP contribution in [0, 0.1) is 23.7 Å². The molecule has 0 saturated carbocycles. The van der Waals surface area contributed by atoms with Crippen molar-refractivity contribution in [2.75, 3.05) is 0 Å². The van der Waals surface area contributed by atoms with E-state index in [9.17, 15) is 10.1 Å². The summed E-state index contributed by atoms with van der Waals surface area (Å²) in [5.74, 6) is -0.270. The molecule has 0 spiro atoms. The molecule has 0 heterocycles. The molecule has 2 aromatic carbocycles. The minimum atomic E-state index is -0.414. The number of hydrogen-bond donors (Lipinski definition) is 1. The molecular formula is C21H21ClN2O. The van der Waals surface area contributed by atoms with Gasteiger partial charge in [0.2, 0.25) is 0 Å². The minimum absolute atomic E-state index is 0.270. The van der Waals surface area contributed by atoms with Crippen LogP contribution in [0.25, 0.3) is 5.57 Å². The molecule has 0 aromatic heterocycles. The summed E-state index contributed by atoms with van der Waals surface area (Å²) in [6.45, 7) is 7.70. The number of carbonyl (C=O) groups is 1. The molecular weight excluding hydrogens is 332 g/mol. The third kappa shape index (κ3) is 4.29. The molecule has 0 aliphatic carbocycles. The van der Waals surface area contributed by atoms with E-state index in [0.29, 0.717) is 27.4 Å². The Morgan fingerprint density at radius 1 is 1.08 bits per heavy atom. The summed E-state index contributed by atoms with van der Waals surface area (Å²) in [4.78, 5) is 12.8. The topological polar surface area (TPSA) is 52.9 Å². The van der Waals surface area contributed by atoms with Crippen molar-refractivity contribution < 1.29 is 4.79 Å². The summed E-state index contributed by atoms with van der Waals surface area (Å²) in [5, 5.41) is 13.2. The minimum Gasteiger partial charge on any atom is -0.324 e. The number of hydrogen-bond acceptors (Lipinski definition) is 2. The first-order chi connectivity index (χ1) is 11.8. The lowest BCUT2D eigenvalue weighted by atomic mass is 9.86. The van der Waals surface area contributed by atoms with Crippen molar-refractivity contribution >= 4 is 23.1 Å². The lowest BCUT2D eigenvalue weighted by molar-refractivity contribution is 0.0957. The van der Waals surface area contributed by atoms with Crippen LogP contribution >= 0.6 is 11.6 Å². The maximum atomic E-state index is 12.8. The van der Waals surface area contributed by atoms with Gasteiger partial charge < -0.3 is 5.32 Å². The Bertz CT molecular complexity index is 856. The van der Waals surface area contributed by atoms with Gasteiger partial charge in [-0.3, -0.25) is 4.79 Å². The molecule has 0 saturated heterocycles. The van der Waals surface area contributed by atoms with Crippen LogP contribution in [0.2, 0.25) is 5.02 Å². The van der Waals surface area contributed by atoms with E-state index in [0.717, 1.165) is 5.56 Å². The van der Waals surface area contributed by atoms with Crippen LogP contribution in [-0.2, 0) is 0 Å².